The third-order valence-electron chi connectivity index (χ3n) is 2.12. The van der Waals surface area contributed by atoms with E-state index in [1.807, 2.05) is 0 Å². The van der Waals surface area contributed by atoms with Crippen LogP contribution in [0, 0.1) is 0 Å². The summed E-state index contributed by atoms with van der Waals surface area (Å²) in [6, 6.07) is 0.695. The Bertz CT molecular complexity index is 84.2. The number of piperidine rings is 1. The first kappa shape index (κ1) is 11.2. The van der Waals surface area contributed by atoms with Crippen molar-refractivity contribution in [2.45, 2.75) is 38.1 Å². The number of aliphatic hydroxyl groups excluding tert-OH is 1. The number of hydrogen-bond donors (Lipinski definition) is 2. The van der Waals surface area contributed by atoms with Gasteiger partial charge < -0.3 is 10.4 Å². The summed E-state index contributed by atoms with van der Waals surface area (Å²) in [6.45, 7) is 1.52. The normalized spacial score (nSPS) is 24.3. The van der Waals surface area contributed by atoms with Crippen LogP contribution in [-0.4, -0.2) is 24.3 Å². The molecule has 0 spiro atoms. The molecule has 0 unspecified atom stereocenters. The SMILES string of the molecule is Cl.OCCC[C@@H]1CCCCN1. The Hall–Kier alpha value is 0.210. The van der Waals surface area contributed by atoms with E-state index in [1.165, 1.54) is 25.8 Å². The van der Waals surface area contributed by atoms with Gasteiger partial charge in [-0.25, -0.2) is 0 Å². The van der Waals surface area contributed by atoms with Gasteiger partial charge in [-0.15, -0.1) is 12.4 Å². The molecule has 11 heavy (non-hydrogen) atoms. The predicted octanol–water partition coefficient (Wildman–Crippen LogP) is 1.32. The number of aliphatic hydroxyl groups is 1. The van der Waals surface area contributed by atoms with Crippen LogP contribution in [-0.2, 0) is 0 Å². The summed E-state index contributed by atoms with van der Waals surface area (Å²) >= 11 is 0. The molecule has 0 aromatic heterocycles. The fourth-order valence-electron chi connectivity index (χ4n) is 1.51. The average Bonchev–Trinajstić information content (AvgIpc) is 2.03. The summed E-state index contributed by atoms with van der Waals surface area (Å²) in [4.78, 5) is 0. The number of hydrogen-bond acceptors (Lipinski definition) is 2. The summed E-state index contributed by atoms with van der Waals surface area (Å²) in [5.74, 6) is 0. The maximum atomic E-state index is 8.57. The molecule has 1 rings (SSSR count). The van der Waals surface area contributed by atoms with E-state index in [2.05, 4.69) is 5.32 Å². The summed E-state index contributed by atoms with van der Waals surface area (Å²) < 4.78 is 0. The van der Waals surface area contributed by atoms with Gasteiger partial charge in [0.1, 0.15) is 0 Å². The van der Waals surface area contributed by atoms with Crippen molar-refractivity contribution in [2.24, 2.45) is 0 Å². The molecule has 68 valence electrons. The van der Waals surface area contributed by atoms with Crippen molar-refractivity contribution < 1.29 is 5.11 Å². The fraction of sp³-hybridized carbons (Fsp3) is 1.00. The summed E-state index contributed by atoms with van der Waals surface area (Å²) in [6.07, 6.45) is 6.10. The predicted molar refractivity (Wildman–Crippen MR) is 49.2 cm³/mol. The van der Waals surface area contributed by atoms with Crippen molar-refractivity contribution >= 4 is 12.4 Å². The van der Waals surface area contributed by atoms with Gasteiger partial charge in [0, 0.05) is 12.6 Å². The summed E-state index contributed by atoms with van der Waals surface area (Å²) in [7, 11) is 0. The molecule has 0 saturated carbocycles. The lowest BCUT2D eigenvalue weighted by atomic mass is 10.0. The minimum atomic E-state index is 0. The van der Waals surface area contributed by atoms with E-state index < -0.39 is 0 Å². The van der Waals surface area contributed by atoms with Gasteiger partial charge in [0.25, 0.3) is 0 Å². The second kappa shape index (κ2) is 6.89. The van der Waals surface area contributed by atoms with Crippen LogP contribution in [0.25, 0.3) is 0 Å². The van der Waals surface area contributed by atoms with Crippen molar-refractivity contribution in [1.82, 2.24) is 5.32 Å². The molecule has 0 aromatic rings. The monoisotopic (exact) mass is 179 g/mol. The van der Waals surface area contributed by atoms with Gasteiger partial charge >= 0.3 is 0 Å². The molecule has 0 radical (unpaired) electrons. The molecule has 1 saturated heterocycles. The molecule has 0 amide bonds. The highest BCUT2D eigenvalue weighted by molar-refractivity contribution is 5.85. The Labute approximate surface area is 74.8 Å². The smallest absolute Gasteiger partial charge is 0.0431 e. The molecule has 1 aliphatic heterocycles. The third-order valence-corrected chi connectivity index (χ3v) is 2.12. The van der Waals surface area contributed by atoms with Crippen molar-refractivity contribution in [3.8, 4) is 0 Å². The van der Waals surface area contributed by atoms with Gasteiger partial charge in [0.2, 0.25) is 0 Å². The number of halogens is 1. The molecule has 3 heteroatoms. The average molecular weight is 180 g/mol. The van der Waals surface area contributed by atoms with Crippen molar-refractivity contribution in [3.05, 3.63) is 0 Å². The van der Waals surface area contributed by atoms with Crippen LogP contribution in [0.1, 0.15) is 32.1 Å². The number of nitrogens with one attached hydrogen (secondary N) is 1. The van der Waals surface area contributed by atoms with Gasteiger partial charge in [-0.05, 0) is 32.2 Å². The fourth-order valence-corrected chi connectivity index (χ4v) is 1.51. The molecule has 0 bridgehead atoms. The maximum Gasteiger partial charge on any atom is 0.0431 e. The Kier molecular flexibility index (Phi) is 7.02. The molecular weight excluding hydrogens is 162 g/mol. The molecule has 0 aliphatic carbocycles. The van der Waals surface area contributed by atoms with Crippen molar-refractivity contribution in [3.63, 3.8) is 0 Å². The minimum absolute atomic E-state index is 0. The molecule has 2 nitrogen and oxygen atoms in total. The standard InChI is InChI=1S/C8H17NO.ClH/c10-7-3-5-8-4-1-2-6-9-8;/h8-10H,1-7H2;1H/t8-;/m0./s1. The van der Waals surface area contributed by atoms with E-state index in [-0.39, 0.29) is 12.4 Å². The lowest BCUT2D eigenvalue weighted by Crippen LogP contribution is -2.33. The van der Waals surface area contributed by atoms with Gasteiger partial charge in [-0.3, -0.25) is 0 Å². The molecule has 1 aliphatic rings. The van der Waals surface area contributed by atoms with Crippen molar-refractivity contribution in [2.75, 3.05) is 13.2 Å². The zero-order valence-electron chi connectivity index (χ0n) is 6.88. The lowest BCUT2D eigenvalue weighted by molar-refractivity contribution is 0.266. The van der Waals surface area contributed by atoms with Crippen LogP contribution in [0.4, 0.5) is 0 Å². The Morgan fingerprint density at radius 1 is 1.36 bits per heavy atom. The molecule has 2 N–H and O–H groups in total. The van der Waals surface area contributed by atoms with E-state index in [0.717, 1.165) is 12.8 Å². The first-order chi connectivity index (χ1) is 4.93. The lowest BCUT2D eigenvalue weighted by Gasteiger charge is -2.22. The van der Waals surface area contributed by atoms with E-state index in [0.29, 0.717) is 12.6 Å². The van der Waals surface area contributed by atoms with Gasteiger partial charge in [0.15, 0.2) is 0 Å². The van der Waals surface area contributed by atoms with Crippen LogP contribution in [0.3, 0.4) is 0 Å². The van der Waals surface area contributed by atoms with Crippen LogP contribution in [0.15, 0.2) is 0 Å². The van der Waals surface area contributed by atoms with Crippen molar-refractivity contribution in [1.29, 1.82) is 0 Å². The van der Waals surface area contributed by atoms with E-state index >= 15 is 0 Å². The van der Waals surface area contributed by atoms with Crippen LogP contribution in [0.2, 0.25) is 0 Å². The first-order valence-corrected chi connectivity index (χ1v) is 4.27. The molecular formula is C8H18ClNO. The van der Waals surface area contributed by atoms with Gasteiger partial charge in [0.05, 0.1) is 0 Å². The number of rotatable bonds is 3. The van der Waals surface area contributed by atoms with Crippen LogP contribution in [0.5, 0.6) is 0 Å². The Morgan fingerprint density at radius 2 is 2.18 bits per heavy atom. The Balaban J connectivity index is 0.000001000. The Morgan fingerprint density at radius 3 is 2.73 bits per heavy atom. The molecule has 0 aromatic carbocycles. The summed E-state index contributed by atoms with van der Waals surface area (Å²) in [5, 5.41) is 12.0. The maximum absolute atomic E-state index is 8.57. The van der Waals surface area contributed by atoms with Gasteiger partial charge in [-0.1, -0.05) is 6.42 Å². The molecule has 1 fully saturated rings. The second-order valence-electron chi connectivity index (χ2n) is 3.01. The van der Waals surface area contributed by atoms with E-state index in [9.17, 15) is 0 Å². The summed E-state index contributed by atoms with van der Waals surface area (Å²) in [5.41, 5.74) is 0. The second-order valence-corrected chi connectivity index (χ2v) is 3.01. The van der Waals surface area contributed by atoms with Crippen LogP contribution < -0.4 is 5.32 Å². The zero-order valence-corrected chi connectivity index (χ0v) is 7.70. The van der Waals surface area contributed by atoms with E-state index in [1.54, 1.807) is 0 Å². The molecule has 1 atom stereocenters. The highest BCUT2D eigenvalue weighted by Crippen LogP contribution is 2.10. The quantitative estimate of drug-likeness (QED) is 0.685. The zero-order chi connectivity index (χ0) is 7.23. The third kappa shape index (κ3) is 4.62. The highest BCUT2D eigenvalue weighted by atomic mass is 35.5. The van der Waals surface area contributed by atoms with Crippen LogP contribution >= 0.6 is 12.4 Å². The topological polar surface area (TPSA) is 32.3 Å². The van der Waals surface area contributed by atoms with E-state index in [4.69, 9.17) is 5.11 Å². The largest absolute Gasteiger partial charge is 0.396 e. The minimum Gasteiger partial charge on any atom is -0.396 e. The first-order valence-electron chi connectivity index (χ1n) is 4.27. The highest BCUT2D eigenvalue weighted by Gasteiger charge is 2.10. The van der Waals surface area contributed by atoms with Gasteiger partial charge in [-0.2, -0.15) is 0 Å². The molecule has 1 heterocycles.